The van der Waals surface area contributed by atoms with E-state index in [1.165, 1.54) is 6.07 Å². The largest absolute Gasteiger partial charge is 0.481 e. The number of esters is 1. The molecule has 1 heterocycles. The summed E-state index contributed by atoms with van der Waals surface area (Å²) in [5.74, 6) is -4.07. The van der Waals surface area contributed by atoms with Crippen LogP contribution in [0, 0.1) is 11.7 Å². The van der Waals surface area contributed by atoms with Gasteiger partial charge in [-0.15, -0.1) is 0 Å². The van der Waals surface area contributed by atoms with Gasteiger partial charge in [-0.05, 0) is 44.9 Å². The van der Waals surface area contributed by atoms with Crippen molar-refractivity contribution in [2.45, 2.75) is 32.8 Å². The standard InChI is InChI=1S/C15H17FO6/c1-15(2,3)22-14(19)9(13(17)18)4-8-5-10(16)12-11(6-8)20-7-21-12/h5-6,9H,4,7H2,1-3H3,(H,17,18). The Balaban J connectivity index is 2.20. The molecule has 1 atom stereocenters. The minimum atomic E-state index is -1.42. The molecule has 1 unspecified atom stereocenters. The van der Waals surface area contributed by atoms with Crippen molar-refractivity contribution in [3.8, 4) is 11.5 Å². The molecular formula is C15H17FO6. The molecule has 22 heavy (non-hydrogen) atoms. The third-order valence-electron chi connectivity index (χ3n) is 2.92. The molecule has 0 spiro atoms. The van der Waals surface area contributed by atoms with Crippen molar-refractivity contribution in [2.24, 2.45) is 5.92 Å². The number of hydrogen-bond donors (Lipinski definition) is 1. The molecule has 1 N–H and O–H groups in total. The molecule has 0 bridgehead atoms. The summed E-state index contributed by atoms with van der Waals surface area (Å²) in [5, 5.41) is 9.21. The molecule has 1 aliphatic rings. The monoisotopic (exact) mass is 312 g/mol. The lowest BCUT2D eigenvalue weighted by molar-refractivity contribution is -0.166. The number of halogens is 1. The molecule has 0 aliphatic carbocycles. The molecule has 120 valence electrons. The third-order valence-corrected chi connectivity index (χ3v) is 2.92. The molecule has 1 aliphatic heterocycles. The molecule has 0 radical (unpaired) electrons. The van der Waals surface area contributed by atoms with Gasteiger partial charge in [-0.25, -0.2) is 4.39 Å². The molecule has 1 aromatic rings. The number of hydrogen-bond acceptors (Lipinski definition) is 5. The highest BCUT2D eigenvalue weighted by Gasteiger charge is 2.32. The van der Waals surface area contributed by atoms with Gasteiger partial charge in [-0.3, -0.25) is 9.59 Å². The van der Waals surface area contributed by atoms with Gasteiger partial charge >= 0.3 is 11.9 Å². The summed E-state index contributed by atoms with van der Waals surface area (Å²) >= 11 is 0. The van der Waals surface area contributed by atoms with E-state index in [1.54, 1.807) is 20.8 Å². The molecule has 1 aromatic carbocycles. The zero-order valence-corrected chi connectivity index (χ0v) is 12.5. The first-order valence-electron chi connectivity index (χ1n) is 6.71. The summed E-state index contributed by atoms with van der Waals surface area (Å²) in [6.45, 7) is 4.84. The summed E-state index contributed by atoms with van der Waals surface area (Å²) in [4.78, 5) is 23.3. The first-order valence-corrected chi connectivity index (χ1v) is 6.71. The van der Waals surface area contributed by atoms with Crippen LogP contribution in [-0.2, 0) is 20.7 Å². The van der Waals surface area contributed by atoms with Crippen molar-refractivity contribution in [1.29, 1.82) is 0 Å². The summed E-state index contributed by atoms with van der Waals surface area (Å²) in [6.07, 6.45) is -0.197. The number of benzene rings is 1. The summed E-state index contributed by atoms with van der Waals surface area (Å²) in [5.41, 5.74) is -0.481. The Bertz CT molecular complexity index is 605. The van der Waals surface area contributed by atoms with Gasteiger partial charge in [0.1, 0.15) is 5.60 Å². The van der Waals surface area contributed by atoms with Crippen LogP contribution in [-0.4, -0.2) is 29.4 Å². The van der Waals surface area contributed by atoms with Gasteiger partial charge in [0, 0.05) is 0 Å². The number of carboxylic acid groups (broad SMARTS) is 1. The Morgan fingerprint density at radius 2 is 2.05 bits per heavy atom. The van der Waals surface area contributed by atoms with Crippen LogP contribution in [0.25, 0.3) is 0 Å². The Labute approximate surface area is 126 Å². The third kappa shape index (κ3) is 3.66. The minimum Gasteiger partial charge on any atom is -0.481 e. The smallest absolute Gasteiger partial charge is 0.321 e. The lowest BCUT2D eigenvalue weighted by atomic mass is 9.98. The molecule has 2 rings (SSSR count). The van der Waals surface area contributed by atoms with E-state index in [4.69, 9.17) is 14.2 Å². The van der Waals surface area contributed by atoms with E-state index < -0.39 is 29.3 Å². The molecule has 6 nitrogen and oxygen atoms in total. The second kappa shape index (κ2) is 5.82. The number of rotatable bonds is 4. The summed E-state index contributed by atoms with van der Waals surface area (Å²) in [7, 11) is 0. The maximum atomic E-state index is 13.8. The van der Waals surface area contributed by atoms with Crippen LogP contribution in [0.1, 0.15) is 26.3 Å². The van der Waals surface area contributed by atoms with Gasteiger partial charge in [0.25, 0.3) is 0 Å². The van der Waals surface area contributed by atoms with E-state index in [2.05, 4.69) is 0 Å². The summed E-state index contributed by atoms with van der Waals surface area (Å²) in [6, 6.07) is 2.60. The van der Waals surface area contributed by atoms with E-state index in [-0.39, 0.29) is 24.7 Å². The Kier molecular flexibility index (Phi) is 4.25. The molecule has 0 aromatic heterocycles. The van der Waals surface area contributed by atoms with Crippen LogP contribution >= 0.6 is 0 Å². The highest BCUT2D eigenvalue weighted by Crippen LogP contribution is 2.36. The molecule has 0 saturated heterocycles. The van der Waals surface area contributed by atoms with Crippen molar-refractivity contribution in [2.75, 3.05) is 6.79 Å². The van der Waals surface area contributed by atoms with E-state index in [9.17, 15) is 19.1 Å². The Morgan fingerprint density at radius 1 is 1.36 bits per heavy atom. The molecular weight excluding hydrogens is 295 g/mol. The number of fused-ring (bicyclic) bond motifs is 1. The van der Waals surface area contributed by atoms with Gasteiger partial charge in [-0.1, -0.05) is 0 Å². The SMILES string of the molecule is CC(C)(C)OC(=O)C(Cc1cc(F)c2c(c1)OCO2)C(=O)O. The predicted molar refractivity (Wildman–Crippen MR) is 73.2 cm³/mol. The van der Waals surface area contributed by atoms with Crippen molar-refractivity contribution < 1.29 is 33.3 Å². The highest BCUT2D eigenvalue weighted by atomic mass is 19.1. The Morgan fingerprint density at radius 3 is 2.64 bits per heavy atom. The van der Waals surface area contributed by atoms with Crippen LogP contribution in [0.15, 0.2) is 12.1 Å². The fourth-order valence-corrected chi connectivity index (χ4v) is 2.02. The van der Waals surface area contributed by atoms with E-state index in [0.29, 0.717) is 5.56 Å². The van der Waals surface area contributed by atoms with E-state index >= 15 is 0 Å². The predicted octanol–water partition coefficient (Wildman–Crippen LogP) is 2.14. The minimum absolute atomic E-state index is 0.00658. The molecule has 0 amide bonds. The van der Waals surface area contributed by atoms with Crippen molar-refractivity contribution in [1.82, 2.24) is 0 Å². The fraction of sp³-hybridized carbons (Fsp3) is 0.467. The van der Waals surface area contributed by atoms with Gasteiger partial charge in [0.2, 0.25) is 12.5 Å². The fourth-order valence-electron chi connectivity index (χ4n) is 2.02. The average molecular weight is 312 g/mol. The zero-order chi connectivity index (χ0) is 16.5. The maximum absolute atomic E-state index is 13.8. The van der Waals surface area contributed by atoms with Crippen molar-refractivity contribution >= 4 is 11.9 Å². The van der Waals surface area contributed by atoms with Crippen LogP contribution in [0.2, 0.25) is 0 Å². The van der Waals surface area contributed by atoms with Crippen LogP contribution in [0.5, 0.6) is 11.5 Å². The number of ether oxygens (including phenoxy) is 3. The van der Waals surface area contributed by atoms with Gasteiger partial charge in [0.15, 0.2) is 17.5 Å². The lowest BCUT2D eigenvalue weighted by Crippen LogP contribution is -2.34. The topological polar surface area (TPSA) is 82.1 Å². The van der Waals surface area contributed by atoms with E-state index in [1.807, 2.05) is 0 Å². The van der Waals surface area contributed by atoms with E-state index in [0.717, 1.165) is 6.07 Å². The first kappa shape index (κ1) is 16.1. The number of carboxylic acids is 1. The Hall–Kier alpha value is -2.31. The van der Waals surface area contributed by atoms with Crippen molar-refractivity contribution in [3.05, 3.63) is 23.5 Å². The second-order valence-electron chi connectivity index (χ2n) is 5.94. The van der Waals surface area contributed by atoms with Crippen LogP contribution in [0.3, 0.4) is 0 Å². The number of carbonyl (C=O) groups is 2. The molecule has 0 fully saturated rings. The van der Waals surface area contributed by atoms with Crippen LogP contribution < -0.4 is 9.47 Å². The van der Waals surface area contributed by atoms with Crippen LogP contribution in [0.4, 0.5) is 4.39 Å². The maximum Gasteiger partial charge on any atom is 0.321 e. The normalized spacial score (nSPS) is 14.5. The van der Waals surface area contributed by atoms with Crippen molar-refractivity contribution in [3.63, 3.8) is 0 Å². The zero-order valence-electron chi connectivity index (χ0n) is 12.5. The summed E-state index contributed by atoms with van der Waals surface area (Å²) < 4.78 is 28.9. The van der Waals surface area contributed by atoms with Gasteiger partial charge < -0.3 is 19.3 Å². The highest BCUT2D eigenvalue weighted by molar-refractivity contribution is 5.94. The average Bonchev–Trinajstić information content (AvgIpc) is 2.82. The van der Waals surface area contributed by atoms with Gasteiger partial charge in [-0.2, -0.15) is 0 Å². The molecule has 7 heteroatoms. The number of carbonyl (C=O) groups excluding carboxylic acids is 1. The molecule has 0 saturated carbocycles. The number of aliphatic carboxylic acids is 1. The van der Waals surface area contributed by atoms with Gasteiger partial charge in [0.05, 0.1) is 0 Å². The second-order valence-corrected chi connectivity index (χ2v) is 5.94. The first-order chi connectivity index (χ1) is 10.2. The lowest BCUT2D eigenvalue weighted by Gasteiger charge is -2.22. The quantitative estimate of drug-likeness (QED) is 0.677.